The molecule has 188 valence electrons. The van der Waals surface area contributed by atoms with Gasteiger partial charge in [-0.15, -0.1) is 0 Å². The minimum Gasteiger partial charge on any atom is -0.480 e. The Morgan fingerprint density at radius 1 is 0.941 bits per heavy atom. The van der Waals surface area contributed by atoms with Gasteiger partial charge in [-0.25, -0.2) is 4.79 Å². The Labute approximate surface area is 200 Å². The number of carbonyl (C=O) groups excluding carboxylic acids is 2. The fourth-order valence-electron chi connectivity index (χ4n) is 4.83. The number of likely N-dealkylation sites (tertiary alicyclic amines) is 2. The molecule has 1 N–H and O–H groups in total. The lowest BCUT2D eigenvalue weighted by molar-refractivity contribution is -0.154. The molecule has 1 unspecified atom stereocenters. The standard InChI is InChI=1S/C25H36N2O7/c1-32-21(12-13-22(33-2)24(29)27-15-7-11-20(27)25(30)31)23(28)26-14-6-10-19(26)17-34-16-18-8-4-3-5-9-18/h3-5,8-9,19-22H,6-7,10-17H2,1-2H3,(H,30,31)/t19-,20?,21-,22-/m1/s1. The number of aliphatic carboxylic acids is 1. The van der Waals surface area contributed by atoms with Gasteiger partial charge >= 0.3 is 5.97 Å². The second kappa shape index (κ2) is 12.8. The van der Waals surface area contributed by atoms with Crippen LogP contribution in [0.2, 0.25) is 0 Å². The van der Waals surface area contributed by atoms with Gasteiger partial charge in [-0.1, -0.05) is 30.3 Å². The van der Waals surface area contributed by atoms with Crippen molar-refractivity contribution in [1.29, 1.82) is 0 Å². The molecule has 0 aliphatic carbocycles. The summed E-state index contributed by atoms with van der Waals surface area (Å²) in [4.78, 5) is 40.8. The molecule has 0 spiro atoms. The van der Waals surface area contributed by atoms with Gasteiger partial charge in [-0.05, 0) is 44.1 Å². The van der Waals surface area contributed by atoms with Crippen LogP contribution in [0.5, 0.6) is 0 Å². The predicted molar refractivity (Wildman–Crippen MR) is 124 cm³/mol. The fourth-order valence-corrected chi connectivity index (χ4v) is 4.83. The molecule has 3 rings (SSSR count). The molecule has 0 radical (unpaired) electrons. The normalized spacial score (nSPS) is 22.1. The van der Waals surface area contributed by atoms with E-state index in [9.17, 15) is 19.5 Å². The molecule has 2 fully saturated rings. The highest BCUT2D eigenvalue weighted by Gasteiger charge is 2.38. The lowest BCUT2D eigenvalue weighted by Gasteiger charge is -2.29. The van der Waals surface area contributed by atoms with Crippen LogP contribution >= 0.6 is 0 Å². The molecule has 4 atom stereocenters. The van der Waals surface area contributed by atoms with Crippen LogP contribution < -0.4 is 0 Å². The summed E-state index contributed by atoms with van der Waals surface area (Å²) in [7, 11) is 2.92. The first-order valence-electron chi connectivity index (χ1n) is 12.0. The van der Waals surface area contributed by atoms with Crippen molar-refractivity contribution >= 4 is 17.8 Å². The van der Waals surface area contributed by atoms with E-state index in [1.807, 2.05) is 35.2 Å². The third-order valence-corrected chi connectivity index (χ3v) is 6.71. The van der Waals surface area contributed by atoms with Crippen LogP contribution in [-0.4, -0.2) is 90.9 Å². The maximum atomic E-state index is 13.2. The van der Waals surface area contributed by atoms with E-state index in [1.165, 1.54) is 19.1 Å². The van der Waals surface area contributed by atoms with Crippen molar-refractivity contribution in [2.24, 2.45) is 0 Å². The average Bonchev–Trinajstić information content (AvgIpc) is 3.52. The largest absolute Gasteiger partial charge is 0.480 e. The maximum Gasteiger partial charge on any atom is 0.326 e. The Bertz CT molecular complexity index is 819. The van der Waals surface area contributed by atoms with E-state index in [4.69, 9.17) is 14.2 Å². The molecule has 0 saturated carbocycles. The summed E-state index contributed by atoms with van der Waals surface area (Å²) in [6.07, 6.45) is 1.95. The Morgan fingerprint density at radius 2 is 1.53 bits per heavy atom. The topological polar surface area (TPSA) is 106 Å². The molecular weight excluding hydrogens is 440 g/mol. The summed E-state index contributed by atoms with van der Waals surface area (Å²) >= 11 is 0. The van der Waals surface area contributed by atoms with Crippen molar-refractivity contribution in [3.8, 4) is 0 Å². The molecule has 2 saturated heterocycles. The maximum absolute atomic E-state index is 13.2. The number of hydrogen-bond acceptors (Lipinski definition) is 6. The first-order chi connectivity index (χ1) is 16.5. The molecule has 2 aliphatic rings. The number of benzene rings is 1. The summed E-state index contributed by atoms with van der Waals surface area (Å²) in [5.74, 6) is -1.46. The first kappa shape index (κ1) is 26.1. The molecule has 1 aromatic carbocycles. The fraction of sp³-hybridized carbons (Fsp3) is 0.640. The van der Waals surface area contributed by atoms with Crippen LogP contribution in [-0.2, 0) is 35.2 Å². The zero-order valence-electron chi connectivity index (χ0n) is 20.1. The number of carboxylic acids is 1. The van der Waals surface area contributed by atoms with Gasteiger partial charge in [0.2, 0.25) is 0 Å². The second-order valence-corrected chi connectivity index (χ2v) is 8.88. The highest BCUT2D eigenvalue weighted by Crippen LogP contribution is 2.23. The summed E-state index contributed by atoms with van der Waals surface area (Å²) in [6.45, 7) is 2.01. The molecule has 0 aromatic heterocycles. The van der Waals surface area contributed by atoms with Gasteiger partial charge in [0.05, 0.1) is 19.3 Å². The summed E-state index contributed by atoms with van der Waals surface area (Å²) in [5, 5.41) is 9.37. The highest BCUT2D eigenvalue weighted by atomic mass is 16.5. The Hall–Kier alpha value is -2.49. The lowest BCUT2D eigenvalue weighted by Crippen LogP contribution is -2.47. The first-order valence-corrected chi connectivity index (χ1v) is 12.0. The smallest absolute Gasteiger partial charge is 0.326 e. The Balaban J connectivity index is 1.52. The van der Waals surface area contributed by atoms with Gasteiger partial charge < -0.3 is 29.1 Å². The molecule has 0 bridgehead atoms. The number of rotatable bonds is 12. The van der Waals surface area contributed by atoms with E-state index in [1.54, 1.807) is 0 Å². The van der Waals surface area contributed by atoms with Crippen LogP contribution in [0.15, 0.2) is 30.3 Å². The number of hydrogen-bond donors (Lipinski definition) is 1. The van der Waals surface area contributed by atoms with E-state index in [-0.39, 0.29) is 24.3 Å². The van der Waals surface area contributed by atoms with Crippen LogP contribution in [0.4, 0.5) is 0 Å². The third kappa shape index (κ3) is 6.55. The van der Waals surface area contributed by atoms with E-state index >= 15 is 0 Å². The van der Waals surface area contributed by atoms with Crippen LogP contribution in [0.1, 0.15) is 44.1 Å². The minimum absolute atomic E-state index is 0.00496. The van der Waals surface area contributed by atoms with Crippen LogP contribution in [0.25, 0.3) is 0 Å². The number of ether oxygens (including phenoxy) is 3. The van der Waals surface area contributed by atoms with Gasteiger partial charge in [-0.2, -0.15) is 0 Å². The summed E-state index contributed by atoms with van der Waals surface area (Å²) in [5.41, 5.74) is 1.09. The molecule has 2 amide bonds. The van der Waals surface area contributed by atoms with Crippen molar-refractivity contribution in [3.63, 3.8) is 0 Å². The number of amides is 2. The van der Waals surface area contributed by atoms with E-state index < -0.39 is 24.2 Å². The molecule has 2 aliphatic heterocycles. The molecule has 2 heterocycles. The van der Waals surface area contributed by atoms with Gasteiger partial charge in [0.1, 0.15) is 18.2 Å². The summed E-state index contributed by atoms with van der Waals surface area (Å²) < 4.78 is 16.8. The summed E-state index contributed by atoms with van der Waals surface area (Å²) in [6, 6.07) is 9.09. The van der Waals surface area contributed by atoms with Gasteiger partial charge in [0.15, 0.2) is 0 Å². The van der Waals surface area contributed by atoms with Crippen LogP contribution in [0, 0.1) is 0 Å². The number of nitrogens with zero attached hydrogens (tertiary/aromatic N) is 2. The van der Waals surface area contributed by atoms with E-state index in [2.05, 4.69) is 0 Å². The minimum atomic E-state index is -1.000. The zero-order chi connectivity index (χ0) is 24.5. The Kier molecular flexibility index (Phi) is 9.86. The highest BCUT2D eigenvalue weighted by molar-refractivity contribution is 5.87. The number of methoxy groups -OCH3 is 2. The quantitative estimate of drug-likeness (QED) is 0.492. The molecule has 34 heavy (non-hydrogen) atoms. The molecule has 1 aromatic rings. The van der Waals surface area contributed by atoms with Crippen molar-refractivity contribution in [2.75, 3.05) is 33.9 Å². The monoisotopic (exact) mass is 476 g/mol. The SMILES string of the molecule is CO[C@H](CC[C@@H](OC)C(=O)N1CCC[C@@H]1COCc1ccccc1)C(=O)N1CCCC1C(=O)O. The average molecular weight is 477 g/mol. The van der Waals surface area contributed by atoms with Gasteiger partial charge in [0.25, 0.3) is 11.8 Å². The lowest BCUT2D eigenvalue weighted by atomic mass is 10.1. The zero-order valence-corrected chi connectivity index (χ0v) is 20.1. The Morgan fingerprint density at radius 3 is 2.15 bits per heavy atom. The van der Waals surface area contributed by atoms with Gasteiger partial charge in [-0.3, -0.25) is 9.59 Å². The predicted octanol–water partition coefficient (Wildman–Crippen LogP) is 2.08. The van der Waals surface area contributed by atoms with E-state index in [0.717, 1.165) is 18.4 Å². The van der Waals surface area contributed by atoms with Crippen molar-refractivity contribution < 1.29 is 33.7 Å². The molecular formula is C25H36N2O7. The molecule has 9 nitrogen and oxygen atoms in total. The van der Waals surface area contributed by atoms with Crippen molar-refractivity contribution in [3.05, 3.63) is 35.9 Å². The second-order valence-electron chi connectivity index (χ2n) is 8.88. The van der Waals surface area contributed by atoms with Crippen molar-refractivity contribution in [2.45, 2.75) is 69.4 Å². The van der Waals surface area contributed by atoms with Crippen molar-refractivity contribution in [1.82, 2.24) is 9.80 Å². The van der Waals surface area contributed by atoms with E-state index in [0.29, 0.717) is 45.6 Å². The van der Waals surface area contributed by atoms with Crippen LogP contribution in [0.3, 0.4) is 0 Å². The molecule has 9 heteroatoms. The van der Waals surface area contributed by atoms with Gasteiger partial charge in [0, 0.05) is 27.3 Å². The number of carbonyl (C=O) groups is 3. The number of carboxylic acid groups (broad SMARTS) is 1. The third-order valence-electron chi connectivity index (χ3n) is 6.71.